The zero-order chi connectivity index (χ0) is 19.6. The molecule has 1 fully saturated rings. The Morgan fingerprint density at radius 1 is 1.33 bits per heavy atom. The first-order valence-electron chi connectivity index (χ1n) is 7.60. The zero-order valence-corrected chi connectivity index (χ0v) is 16.3. The van der Waals surface area contributed by atoms with Crippen molar-refractivity contribution in [3.05, 3.63) is 39.7 Å². The topological polar surface area (TPSA) is 101 Å². The number of carbonyl (C=O) groups is 2. The third-order valence-corrected chi connectivity index (χ3v) is 5.42. The van der Waals surface area contributed by atoms with Gasteiger partial charge in [-0.15, -0.1) is 11.3 Å². The van der Waals surface area contributed by atoms with Gasteiger partial charge in [-0.2, -0.15) is 4.99 Å². The van der Waals surface area contributed by atoms with E-state index in [0.29, 0.717) is 26.5 Å². The number of rotatable bonds is 5. The number of hydrogen-bond acceptors (Lipinski definition) is 8. The van der Waals surface area contributed by atoms with Crippen molar-refractivity contribution in [2.24, 2.45) is 4.99 Å². The number of nitrogens with zero attached hydrogens (tertiary/aromatic N) is 3. The van der Waals surface area contributed by atoms with Crippen LogP contribution in [-0.2, 0) is 4.79 Å². The lowest BCUT2D eigenvalue weighted by Crippen LogP contribution is -2.23. The van der Waals surface area contributed by atoms with E-state index in [-0.39, 0.29) is 17.2 Å². The Balaban J connectivity index is 2.04. The van der Waals surface area contributed by atoms with Crippen LogP contribution in [-0.4, -0.2) is 53.3 Å². The summed E-state index contributed by atoms with van der Waals surface area (Å²) in [4.78, 5) is 34.5. The molecule has 0 radical (unpaired) electrons. The number of benzene rings is 1. The van der Waals surface area contributed by atoms with Crippen LogP contribution in [0.15, 0.2) is 33.6 Å². The van der Waals surface area contributed by atoms with E-state index in [1.54, 1.807) is 30.8 Å². The van der Waals surface area contributed by atoms with Crippen molar-refractivity contribution in [3.8, 4) is 11.5 Å². The van der Waals surface area contributed by atoms with Crippen molar-refractivity contribution < 1.29 is 24.2 Å². The summed E-state index contributed by atoms with van der Waals surface area (Å²) in [5, 5.41) is 12.4. The molecule has 0 saturated carbocycles. The first-order chi connectivity index (χ1) is 13.0. The minimum atomic E-state index is -1.18. The van der Waals surface area contributed by atoms with E-state index in [4.69, 9.17) is 9.47 Å². The maximum atomic E-state index is 12.5. The van der Waals surface area contributed by atoms with Gasteiger partial charge in [0, 0.05) is 18.6 Å². The van der Waals surface area contributed by atoms with Gasteiger partial charge in [-0.1, -0.05) is 6.07 Å². The number of amidine groups is 1. The fourth-order valence-corrected chi connectivity index (χ4v) is 3.95. The summed E-state index contributed by atoms with van der Waals surface area (Å²) in [6, 6.07) is 3.16. The number of carboxylic acids is 1. The quantitative estimate of drug-likeness (QED) is 0.763. The molecule has 0 atom stereocenters. The van der Waals surface area contributed by atoms with Gasteiger partial charge in [0.1, 0.15) is 5.56 Å². The van der Waals surface area contributed by atoms with E-state index in [2.05, 4.69) is 9.98 Å². The molecule has 1 amide bonds. The van der Waals surface area contributed by atoms with E-state index < -0.39 is 5.97 Å². The van der Waals surface area contributed by atoms with Crippen molar-refractivity contribution in [1.82, 2.24) is 9.88 Å². The number of carboxylic acid groups (broad SMARTS) is 1. The van der Waals surface area contributed by atoms with E-state index in [9.17, 15) is 14.7 Å². The summed E-state index contributed by atoms with van der Waals surface area (Å²) in [5.41, 5.74) is 0.255. The molecule has 0 spiro atoms. The zero-order valence-electron chi connectivity index (χ0n) is 14.6. The number of thiazole rings is 1. The van der Waals surface area contributed by atoms with Crippen molar-refractivity contribution in [2.75, 3.05) is 21.3 Å². The van der Waals surface area contributed by atoms with Gasteiger partial charge in [0.15, 0.2) is 16.7 Å². The third-order valence-electron chi connectivity index (χ3n) is 3.69. The number of aromatic nitrogens is 1. The summed E-state index contributed by atoms with van der Waals surface area (Å²) >= 11 is 2.51. The number of amides is 1. The average Bonchev–Trinajstić information content (AvgIpc) is 3.25. The van der Waals surface area contributed by atoms with E-state index >= 15 is 0 Å². The summed E-state index contributed by atoms with van der Waals surface area (Å²) in [6.45, 7) is 0. The Labute approximate surface area is 163 Å². The predicted molar refractivity (Wildman–Crippen MR) is 104 cm³/mol. The molecule has 1 saturated heterocycles. The van der Waals surface area contributed by atoms with E-state index in [1.807, 2.05) is 0 Å². The minimum absolute atomic E-state index is 0.0780. The number of hydrogen-bond donors (Lipinski definition) is 1. The molecule has 140 valence electrons. The highest BCUT2D eigenvalue weighted by molar-refractivity contribution is 8.18. The molecule has 0 aliphatic carbocycles. The lowest BCUT2D eigenvalue weighted by atomic mass is 10.0. The predicted octanol–water partition coefficient (Wildman–Crippen LogP) is 3.09. The SMILES string of the molecule is COc1ccc(/C=C2/S/C(=N/c3nccs3)N(C)C2=O)c(C(=O)O)c1OC. The lowest BCUT2D eigenvalue weighted by Gasteiger charge is -2.12. The van der Waals surface area contributed by atoms with Crippen LogP contribution in [0.1, 0.15) is 15.9 Å². The molecule has 1 N–H and O–H groups in total. The largest absolute Gasteiger partial charge is 0.493 e. The molecule has 8 nitrogen and oxygen atoms in total. The molecule has 27 heavy (non-hydrogen) atoms. The van der Waals surface area contributed by atoms with Crippen molar-refractivity contribution >= 4 is 51.4 Å². The Morgan fingerprint density at radius 3 is 2.70 bits per heavy atom. The van der Waals surface area contributed by atoms with Gasteiger partial charge in [0.25, 0.3) is 5.91 Å². The average molecular weight is 405 g/mol. The van der Waals surface area contributed by atoms with Gasteiger partial charge < -0.3 is 14.6 Å². The Hall–Kier alpha value is -2.85. The van der Waals surface area contributed by atoms with Gasteiger partial charge in [0.05, 0.1) is 19.1 Å². The first kappa shape index (κ1) is 18.9. The highest BCUT2D eigenvalue weighted by Gasteiger charge is 2.31. The van der Waals surface area contributed by atoms with Crippen LogP contribution in [0.5, 0.6) is 11.5 Å². The molecular weight excluding hydrogens is 390 g/mol. The first-order valence-corrected chi connectivity index (χ1v) is 9.30. The lowest BCUT2D eigenvalue weighted by molar-refractivity contribution is -0.121. The molecular formula is C17H15N3O5S2. The smallest absolute Gasteiger partial charge is 0.340 e. The highest BCUT2D eigenvalue weighted by Crippen LogP contribution is 2.38. The minimum Gasteiger partial charge on any atom is -0.493 e. The van der Waals surface area contributed by atoms with Crippen molar-refractivity contribution in [2.45, 2.75) is 0 Å². The molecule has 0 bridgehead atoms. The second-order valence-corrected chi connectivity index (χ2v) is 7.14. The number of thioether (sulfide) groups is 1. The van der Waals surface area contributed by atoms with Gasteiger partial charge >= 0.3 is 5.97 Å². The monoisotopic (exact) mass is 405 g/mol. The summed E-state index contributed by atoms with van der Waals surface area (Å²) in [5.74, 6) is -1.06. The second kappa shape index (κ2) is 7.80. The number of aromatic carboxylic acids is 1. The van der Waals surface area contributed by atoms with Crippen LogP contribution in [0.2, 0.25) is 0 Å². The molecule has 1 aromatic heterocycles. The van der Waals surface area contributed by atoms with Crippen LogP contribution in [0.25, 0.3) is 6.08 Å². The molecule has 2 heterocycles. The van der Waals surface area contributed by atoms with E-state index in [1.165, 1.54) is 36.5 Å². The molecule has 10 heteroatoms. The number of likely N-dealkylation sites (N-methyl/N-ethyl adjacent to an activating group) is 1. The molecule has 2 aromatic rings. The number of carbonyl (C=O) groups excluding carboxylic acids is 1. The number of ether oxygens (including phenoxy) is 2. The van der Waals surface area contributed by atoms with Crippen LogP contribution < -0.4 is 9.47 Å². The number of methoxy groups -OCH3 is 2. The van der Waals surface area contributed by atoms with Crippen LogP contribution in [0.3, 0.4) is 0 Å². The molecule has 0 unspecified atom stereocenters. The van der Waals surface area contributed by atoms with E-state index in [0.717, 1.165) is 11.8 Å². The van der Waals surface area contributed by atoms with Crippen LogP contribution in [0, 0.1) is 0 Å². The Kier molecular flexibility index (Phi) is 5.47. The Bertz CT molecular complexity index is 954. The van der Waals surface area contributed by atoms with Crippen LogP contribution in [0.4, 0.5) is 5.13 Å². The fraction of sp³-hybridized carbons (Fsp3) is 0.176. The Morgan fingerprint density at radius 2 is 2.11 bits per heavy atom. The second-order valence-electron chi connectivity index (χ2n) is 5.25. The third kappa shape index (κ3) is 3.67. The standard InChI is InChI=1S/C17H15N3O5S2/c1-20-14(21)11(27-17(20)19-16-18-6-7-26-16)8-9-4-5-10(24-2)13(25-3)12(9)15(22)23/h4-8H,1-3H3,(H,22,23)/b11-8+,19-17+. The van der Waals surface area contributed by atoms with Crippen molar-refractivity contribution in [3.63, 3.8) is 0 Å². The molecule has 1 aliphatic rings. The van der Waals surface area contributed by atoms with Gasteiger partial charge in [0.2, 0.25) is 5.13 Å². The summed E-state index contributed by atoms with van der Waals surface area (Å²) in [6.07, 6.45) is 3.14. The van der Waals surface area contributed by atoms with Gasteiger partial charge in [-0.05, 0) is 29.5 Å². The molecule has 1 aromatic carbocycles. The van der Waals surface area contributed by atoms with Gasteiger partial charge in [-0.3, -0.25) is 9.69 Å². The van der Waals surface area contributed by atoms with Gasteiger partial charge in [-0.25, -0.2) is 9.78 Å². The summed E-state index contributed by atoms with van der Waals surface area (Å²) in [7, 11) is 4.40. The molecule has 1 aliphatic heterocycles. The molecule has 3 rings (SSSR count). The normalized spacial score (nSPS) is 17.0. The maximum absolute atomic E-state index is 12.5. The number of aliphatic imine (C=N–C) groups is 1. The van der Waals surface area contributed by atoms with Crippen LogP contribution >= 0.6 is 23.1 Å². The fourth-order valence-electron chi connectivity index (χ4n) is 2.43. The highest BCUT2D eigenvalue weighted by atomic mass is 32.2. The maximum Gasteiger partial charge on any atom is 0.340 e. The summed E-state index contributed by atoms with van der Waals surface area (Å²) < 4.78 is 10.4. The van der Waals surface area contributed by atoms with Crippen molar-refractivity contribution in [1.29, 1.82) is 0 Å².